The van der Waals surface area contributed by atoms with Gasteiger partial charge in [-0.1, -0.05) is 49.4 Å². The van der Waals surface area contributed by atoms with Crippen LogP contribution in [0.2, 0.25) is 0 Å². The maximum atomic E-state index is 13.0. The fourth-order valence-electron chi connectivity index (χ4n) is 2.83. The highest BCUT2D eigenvalue weighted by Crippen LogP contribution is 2.34. The zero-order chi connectivity index (χ0) is 20.0. The maximum Gasteiger partial charge on any atom is 0.418 e. The SMILES string of the molecule is CCC(C(=O)N(C)CC(=O)Nc1ccccc1C(F)(F)F)c1ccccc1. The Kier molecular flexibility index (Phi) is 6.60. The molecule has 27 heavy (non-hydrogen) atoms. The van der Waals surface area contributed by atoms with E-state index in [1.54, 1.807) is 0 Å². The highest BCUT2D eigenvalue weighted by molar-refractivity contribution is 5.96. The van der Waals surface area contributed by atoms with Gasteiger partial charge in [-0.3, -0.25) is 9.59 Å². The van der Waals surface area contributed by atoms with Crippen LogP contribution in [0, 0.1) is 0 Å². The Balaban J connectivity index is 2.07. The van der Waals surface area contributed by atoms with Crippen LogP contribution in [-0.4, -0.2) is 30.3 Å². The van der Waals surface area contributed by atoms with Gasteiger partial charge in [-0.25, -0.2) is 0 Å². The minimum absolute atomic E-state index is 0.261. The van der Waals surface area contributed by atoms with E-state index >= 15 is 0 Å². The molecule has 0 heterocycles. The fraction of sp³-hybridized carbons (Fsp3) is 0.300. The van der Waals surface area contributed by atoms with Crippen molar-refractivity contribution in [3.63, 3.8) is 0 Å². The first-order chi connectivity index (χ1) is 12.7. The molecule has 0 aromatic heterocycles. The number of rotatable bonds is 6. The molecular formula is C20H21F3N2O2. The second-order valence-corrected chi connectivity index (χ2v) is 6.16. The van der Waals surface area contributed by atoms with Crippen molar-refractivity contribution in [2.24, 2.45) is 0 Å². The molecule has 0 radical (unpaired) electrons. The summed E-state index contributed by atoms with van der Waals surface area (Å²) < 4.78 is 39.0. The van der Waals surface area contributed by atoms with Crippen molar-refractivity contribution in [2.45, 2.75) is 25.4 Å². The lowest BCUT2D eigenvalue weighted by Gasteiger charge is -2.23. The van der Waals surface area contributed by atoms with Gasteiger partial charge in [0.1, 0.15) is 0 Å². The molecule has 0 aliphatic rings. The van der Waals surface area contributed by atoms with Gasteiger partial charge in [-0.05, 0) is 24.1 Å². The summed E-state index contributed by atoms with van der Waals surface area (Å²) in [7, 11) is 1.46. The van der Waals surface area contributed by atoms with E-state index in [0.29, 0.717) is 6.42 Å². The molecule has 144 valence electrons. The quantitative estimate of drug-likeness (QED) is 0.815. The Morgan fingerprint density at radius 2 is 1.63 bits per heavy atom. The molecule has 7 heteroatoms. The lowest BCUT2D eigenvalue weighted by Crippen LogP contribution is -2.38. The third kappa shape index (κ3) is 5.32. The first-order valence-corrected chi connectivity index (χ1v) is 8.50. The van der Waals surface area contributed by atoms with Crippen LogP contribution in [0.15, 0.2) is 54.6 Å². The predicted molar refractivity (Wildman–Crippen MR) is 97.2 cm³/mol. The molecule has 0 spiro atoms. The van der Waals surface area contributed by atoms with Gasteiger partial charge < -0.3 is 10.2 Å². The van der Waals surface area contributed by atoms with Gasteiger partial charge >= 0.3 is 6.18 Å². The minimum Gasteiger partial charge on any atom is -0.336 e. The number of anilines is 1. The van der Waals surface area contributed by atoms with Crippen molar-refractivity contribution < 1.29 is 22.8 Å². The summed E-state index contributed by atoms with van der Waals surface area (Å²) in [5.74, 6) is -1.36. The van der Waals surface area contributed by atoms with Gasteiger partial charge in [-0.2, -0.15) is 13.2 Å². The third-order valence-corrected chi connectivity index (χ3v) is 4.17. The van der Waals surface area contributed by atoms with Crippen molar-refractivity contribution in [2.75, 3.05) is 18.9 Å². The molecule has 0 saturated heterocycles. The van der Waals surface area contributed by atoms with Crippen LogP contribution in [0.1, 0.15) is 30.4 Å². The van der Waals surface area contributed by atoms with E-state index in [1.807, 2.05) is 37.3 Å². The number of nitrogens with one attached hydrogen (secondary N) is 1. The number of benzene rings is 2. The zero-order valence-electron chi connectivity index (χ0n) is 15.1. The molecular weight excluding hydrogens is 357 g/mol. The van der Waals surface area contributed by atoms with E-state index in [-0.39, 0.29) is 18.1 Å². The molecule has 4 nitrogen and oxygen atoms in total. The first-order valence-electron chi connectivity index (χ1n) is 8.50. The van der Waals surface area contributed by atoms with Gasteiger partial charge in [0, 0.05) is 7.05 Å². The van der Waals surface area contributed by atoms with Gasteiger partial charge in [-0.15, -0.1) is 0 Å². The molecule has 2 aromatic rings. The van der Waals surface area contributed by atoms with Crippen LogP contribution in [0.25, 0.3) is 0 Å². The molecule has 0 aliphatic heterocycles. The topological polar surface area (TPSA) is 49.4 Å². The molecule has 0 fully saturated rings. The minimum atomic E-state index is -4.58. The number of nitrogens with zero attached hydrogens (tertiary/aromatic N) is 1. The summed E-state index contributed by atoms with van der Waals surface area (Å²) >= 11 is 0. The number of carbonyl (C=O) groups is 2. The predicted octanol–water partition coefficient (Wildman–Crippen LogP) is 4.30. The monoisotopic (exact) mass is 378 g/mol. The smallest absolute Gasteiger partial charge is 0.336 e. The van der Waals surface area contributed by atoms with Crippen molar-refractivity contribution >= 4 is 17.5 Å². The molecule has 2 amide bonds. The van der Waals surface area contributed by atoms with Crippen LogP contribution in [0.4, 0.5) is 18.9 Å². The van der Waals surface area contributed by atoms with E-state index in [1.165, 1.54) is 30.1 Å². The van der Waals surface area contributed by atoms with E-state index < -0.39 is 23.6 Å². The number of hydrogen-bond donors (Lipinski definition) is 1. The Morgan fingerprint density at radius 3 is 2.22 bits per heavy atom. The highest BCUT2D eigenvalue weighted by Gasteiger charge is 2.33. The van der Waals surface area contributed by atoms with Crippen LogP contribution in [0.3, 0.4) is 0 Å². The molecule has 1 unspecified atom stereocenters. The number of amides is 2. The van der Waals surface area contributed by atoms with E-state index in [9.17, 15) is 22.8 Å². The molecule has 2 aromatic carbocycles. The van der Waals surface area contributed by atoms with Crippen molar-refractivity contribution in [3.05, 3.63) is 65.7 Å². The van der Waals surface area contributed by atoms with Crippen LogP contribution in [0.5, 0.6) is 0 Å². The van der Waals surface area contributed by atoms with Crippen molar-refractivity contribution in [1.29, 1.82) is 0 Å². The summed E-state index contributed by atoms with van der Waals surface area (Å²) in [5, 5.41) is 2.25. The Hall–Kier alpha value is -2.83. The van der Waals surface area contributed by atoms with Gasteiger partial charge in [0.05, 0.1) is 23.7 Å². The number of likely N-dealkylation sites (N-methyl/N-ethyl adjacent to an activating group) is 1. The fourth-order valence-corrected chi connectivity index (χ4v) is 2.83. The second kappa shape index (κ2) is 8.70. The lowest BCUT2D eigenvalue weighted by molar-refractivity contribution is -0.137. The lowest BCUT2D eigenvalue weighted by atomic mass is 9.95. The third-order valence-electron chi connectivity index (χ3n) is 4.17. The van der Waals surface area contributed by atoms with E-state index in [4.69, 9.17) is 0 Å². The summed E-state index contributed by atoms with van der Waals surface area (Å²) in [6.45, 7) is 1.53. The van der Waals surface area contributed by atoms with Crippen molar-refractivity contribution in [1.82, 2.24) is 4.90 Å². The highest BCUT2D eigenvalue weighted by atomic mass is 19.4. The van der Waals surface area contributed by atoms with Gasteiger partial charge in [0.25, 0.3) is 0 Å². The molecule has 0 bridgehead atoms. The Bertz CT molecular complexity index is 791. The molecule has 1 N–H and O–H groups in total. The normalized spacial score (nSPS) is 12.3. The standard InChI is InChI=1S/C20H21F3N2O2/c1-3-15(14-9-5-4-6-10-14)19(27)25(2)13-18(26)24-17-12-8-7-11-16(17)20(21,22)23/h4-12,15H,3,13H2,1-2H3,(H,24,26). The molecule has 1 atom stereocenters. The molecule has 0 saturated carbocycles. The van der Waals surface area contributed by atoms with Crippen LogP contribution >= 0.6 is 0 Å². The zero-order valence-corrected chi connectivity index (χ0v) is 15.1. The maximum absolute atomic E-state index is 13.0. The number of halogens is 3. The number of alkyl halides is 3. The van der Waals surface area contributed by atoms with Gasteiger partial charge in [0.2, 0.25) is 11.8 Å². The summed E-state index contributed by atoms with van der Waals surface area (Å²) in [4.78, 5) is 26.1. The summed E-state index contributed by atoms with van der Waals surface area (Å²) in [6.07, 6.45) is -4.03. The van der Waals surface area contributed by atoms with Crippen LogP contribution < -0.4 is 5.32 Å². The number of hydrogen-bond acceptors (Lipinski definition) is 2. The van der Waals surface area contributed by atoms with E-state index in [0.717, 1.165) is 11.6 Å². The average molecular weight is 378 g/mol. The number of para-hydroxylation sites is 1. The Morgan fingerprint density at radius 1 is 1.04 bits per heavy atom. The first kappa shape index (κ1) is 20.5. The largest absolute Gasteiger partial charge is 0.418 e. The van der Waals surface area contributed by atoms with Crippen molar-refractivity contribution in [3.8, 4) is 0 Å². The van der Waals surface area contributed by atoms with Crippen LogP contribution in [-0.2, 0) is 15.8 Å². The van der Waals surface area contributed by atoms with Gasteiger partial charge in [0.15, 0.2) is 0 Å². The summed E-state index contributed by atoms with van der Waals surface area (Å²) in [6, 6.07) is 13.9. The average Bonchev–Trinajstić information content (AvgIpc) is 2.62. The number of carbonyl (C=O) groups excluding carboxylic acids is 2. The summed E-state index contributed by atoms with van der Waals surface area (Å²) in [5.41, 5.74) is -0.423. The second-order valence-electron chi connectivity index (χ2n) is 6.16. The van der Waals surface area contributed by atoms with E-state index in [2.05, 4.69) is 5.32 Å². The molecule has 2 rings (SSSR count). The molecule has 0 aliphatic carbocycles. The Labute approximate surface area is 156 Å².